The largest absolute Gasteiger partial charge is 0.508 e. The number of aromatic hydroxyl groups is 1. The lowest BCUT2D eigenvalue weighted by atomic mass is 10.0. The van der Waals surface area contributed by atoms with Crippen LogP contribution < -0.4 is 27.4 Å². The number of hydrogen-bond donors (Lipinski definition) is 8. The SMILES string of the molecule is CSCCC(N)C(=O)NC(CCCCN)C(=O)NC(Cc1ccc(O)cc1)C(=O)NC(C(=O)O)C(C)O. The Balaban J connectivity index is 3.12. The Hall–Kier alpha value is -2.87. The van der Waals surface area contributed by atoms with Gasteiger partial charge in [-0.05, 0) is 68.9 Å². The molecule has 0 spiro atoms. The van der Waals surface area contributed by atoms with Crippen LogP contribution in [0, 0.1) is 0 Å². The molecule has 5 atom stereocenters. The van der Waals surface area contributed by atoms with Crippen molar-refractivity contribution in [1.82, 2.24) is 16.0 Å². The molecule has 0 aromatic heterocycles. The van der Waals surface area contributed by atoms with Crippen molar-refractivity contribution in [2.75, 3.05) is 18.6 Å². The van der Waals surface area contributed by atoms with Crippen LogP contribution in [0.15, 0.2) is 24.3 Å². The number of nitrogens with one attached hydrogen (secondary N) is 3. The van der Waals surface area contributed by atoms with Crippen molar-refractivity contribution in [3.8, 4) is 5.75 Å². The summed E-state index contributed by atoms with van der Waals surface area (Å²) in [5.41, 5.74) is 12.1. The Labute approximate surface area is 220 Å². The van der Waals surface area contributed by atoms with Crippen LogP contribution in [0.4, 0.5) is 0 Å². The first kappa shape index (κ1) is 32.2. The number of benzene rings is 1. The van der Waals surface area contributed by atoms with E-state index in [4.69, 9.17) is 11.5 Å². The number of aliphatic hydroxyl groups is 1. The van der Waals surface area contributed by atoms with Gasteiger partial charge in [0, 0.05) is 6.42 Å². The second-order valence-electron chi connectivity index (χ2n) is 8.73. The molecular weight excluding hydrogens is 502 g/mol. The van der Waals surface area contributed by atoms with Crippen LogP contribution in [0.1, 0.15) is 38.2 Å². The summed E-state index contributed by atoms with van der Waals surface area (Å²) < 4.78 is 0. The predicted octanol–water partition coefficient (Wildman–Crippen LogP) is -0.936. The standard InChI is InChI=1S/C24H39N5O7S/c1-14(30)20(24(35)36)29-23(34)19(13-15-6-8-16(31)9-7-15)28-22(33)18(5-3-4-11-25)27-21(32)17(26)10-12-37-2/h6-9,14,17-20,30-31H,3-5,10-13,25-26H2,1-2H3,(H,27,32)(H,28,33)(H,29,34)(H,35,36). The minimum atomic E-state index is -1.60. The summed E-state index contributed by atoms with van der Waals surface area (Å²) in [5.74, 6) is -2.74. The van der Waals surface area contributed by atoms with Crippen LogP contribution >= 0.6 is 11.8 Å². The van der Waals surface area contributed by atoms with Crippen LogP contribution in [0.3, 0.4) is 0 Å². The third-order valence-corrected chi connectivity index (χ3v) is 6.25. The monoisotopic (exact) mass is 541 g/mol. The van der Waals surface area contributed by atoms with Gasteiger partial charge in [0.25, 0.3) is 0 Å². The van der Waals surface area contributed by atoms with Crippen molar-refractivity contribution in [2.24, 2.45) is 11.5 Å². The third kappa shape index (κ3) is 11.8. The Morgan fingerprint density at radius 1 is 0.946 bits per heavy atom. The first-order chi connectivity index (χ1) is 17.5. The molecule has 0 fully saturated rings. The molecule has 1 aromatic carbocycles. The highest BCUT2D eigenvalue weighted by Gasteiger charge is 2.32. The zero-order valence-electron chi connectivity index (χ0n) is 21.2. The second kappa shape index (κ2) is 16.8. The maximum Gasteiger partial charge on any atom is 0.328 e. The molecule has 3 amide bonds. The zero-order valence-corrected chi connectivity index (χ0v) is 22.0. The van der Waals surface area contributed by atoms with Crippen LogP contribution in [0.25, 0.3) is 0 Å². The maximum atomic E-state index is 13.2. The predicted molar refractivity (Wildman–Crippen MR) is 141 cm³/mol. The number of amides is 3. The lowest BCUT2D eigenvalue weighted by Gasteiger charge is -2.26. The number of carbonyl (C=O) groups excluding carboxylic acids is 3. The van der Waals surface area contributed by atoms with Gasteiger partial charge in [-0.15, -0.1) is 0 Å². The fourth-order valence-corrected chi connectivity index (χ4v) is 3.90. The van der Waals surface area contributed by atoms with Crippen molar-refractivity contribution in [2.45, 2.75) is 69.3 Å². The van der Waals surface area contributed by atoms with Crippen molar-refractivity contribution in [3.05, 3.63) is 29.8 Å². The summed E-state index contributed by atoms with van der Waals surface area (Å²) in [4.78, 5) is 50.3. The number of phenols is 1. The van der Waals surface area contributed by atoms with E-state index in [9.17, 15) is 34.5 Å². The third-order valence-electron chi connectivity index (χ3n) is 5.61. The Bertz CT molecular complexity index is 885. The van der Waals surface area contributed by atoms with E-state index in [1.165, 1.54) is 30.8 Å². The van der Waals surface area contributed by atoms with E-state index in [0.29, 0.717) is 37.1 Å². The Morgan fingerprint density at radius 2 is 1.54 bits per heavy atom. The maximum absolute atomic E-state index is 13.2. The molecule has 0 aliphatic carbocycles. The van der Waals surface area contributed by atoms with E-state index >= 15 is 0 Å². The molecule has 12 nitrogen and oxygen atoms in total. The average molecular weight is 542 g/mol. The zero-order chi connectivity index (χ0) is 28.0. The van der Waals surface area contributed by atoms with Crippen molar-refractivity contribution in [3.63, 3.8) is 0 Å². The molecule has 1 rings (SSSR count). The first-order valence-electron chi connectivity index (χ1n) is 12.0. The second-order valence-corrected chi connectivity index (χ2v) is 9.72. The number of carboxylic acids is 1. The highest BCUT2D eigenvalue weighted by molar-refractivity contribution is 7.98. The van der Waals surface area contributed by atoms with Gasteiger partial charge in [0.15, 0.2) is 6.04 Å². The van der Waals surface area contributed by atoms with Gasteiger partial charge < -0.3 is 42.7 Å². The smallest absolute Gasteiger partial charge is 0.328 e. The summed E-state index contributed by atoms with van der Waals surface area (Å²) in [6.07, 6.45) is 2.28. The van der Waals surface area contributed by atoms with E-state index in [-0.39, 0.29) is 18.6 Å². The number of nitrogens with two attached hydrogens (primary N) is 2. The molecule has 1 aromatic rings. The number of carboxylic acid groups (broad SMARTS) is 1. The Morgan fingerprint density at radius 3 is 2.08 bits per heavy atom. The molecule has 208 valence electrons. The molecule has 0 heterocycles. The molecule has 10 N–H and O–H groups in total. The normalized spacial score (nSPS) is 15.1. The minimum absolute atomic E-state index is 0.00863. The number of phenolic OH excluding ortho intramolecular Hbond substituents is 1. The van der Waals surface area contributed by atoms with E-state index in [1.807, 2.05) is 6.26 Å². The molecule has 0 saturated carbocycles. The molecule has 0 radical (unpaired) electrons. The number of rotatable bonds is 17. The van der Waals surface area contributed by atoms with E-state index in [1.54, 1.807) is 12.1 Å². The van der Waals surface area contributed by atoms with Gasteiger partial charge in [0.05, 0.1) is 12.1 Å². The average Bonchev–Trinajstić information content (AvgIpc) is 2.85. The van der Waals surface area contributed by atoms with Gasteiger partial charge in [-0.3, -0.25) is 14.4 Å². The molecule has 0 aliphatic rings. The summed E-state index contributed by atoms with van der Waals surface area (Å²) in [5, 5.41) is 36.1. The van der Waals surface area contributed by atoms with Crippen LogP contribution in [-0.4, -0.2) is 87.8 Å². The van der Waals surface area contributed by atoms with E-state index in [2.05, 4.69) is 16.0 Å². The summed E-state index contributed by atoms with van der Waals surface area (Å²) in [6.45, 7) is 1.62. The van der Waals surface area contributed by atoms with Crippen molar-refractivity contribution in [1.29, 1.82) is 0 Å². The van der Waals surface area contributed by atoms with Gasteiger partial charge in [0.2, 0.25) is 17.7 Å². The van der Waals surface area contributed by atoms with Gasteiger partial charge in [-0.1, -0.05) is 12.1 Å². The molecule has 5 unspecified atom stereocenters. The lowest BCUT2D eigenvalue weighted by Crippen LogP contribution is -2.58. The summed E-state index contributed by atoms with van der Waals surface area (Å²) in [6, 6.07) is 1.28. The number of aliphatic hydroxyl groups excluding tert-OH is 1. The van der Waals surface area contributed by atoms with Gasteiger partial charge >= 0.3 is 5.97 Å². The fraction of sp³-hybridized carbons (Fsp3) is 0.583. The number of carbonyl (C=O) groups is 4. The highest BCUT2D eigenvalue weighted by Crippen LogP contribution is 2.12. The van der Waals surface area contributed by atoms with Gasteiger partial charge in [0.1, 0.15) is 17.8 Å². The molecular formula is C24H39N5O7S. The fourth-order valence-electron chi connectivity index (χ4n) is 3.41. The Kier molecular flexibility index (Phi) is 14.6. The molecule has 13 heteroatoms. The molecule has 37 heavy (non-hydrogen) atoms. The minimum Gasteiger partial charge on any atom is -0.508 e. The quantitative estimate of drug-likeness (QED) is 0.113. The summed E-state index contributed by atoms with van der Waals surface area (Å²) in [7, 11) is 0. The van der Waals surface area contributed by atoms with Gasteiger partial charge in [-0.2, -0.15) is 11.8 Å². The van der Waals surface area contributed by atoms with Crippen molar-refractivity contribution >= 4 is 35.5 Å². The van der Waals surface area contributed by atoms with E-state index < -0.39 is 54.0 Å². The van der Waals surface area contributed by atoms with Gasteiger partial charge in [-0.25, -0.2) is 4.79 Å². The first-order valence-corrected chi connectivity index (χ1v) is 13.4. The lowest BCUT2D eigenvalue weighted by molar-refractivity contribution is -0.145. The summed E-state index contributed by atoms with van der Waals surface area (Å²) >= 11 is 1.54. The number of hydrogen-bond acceptors (Lipinski definition) is 9. The topological polar surface area (TPSA) is 217 Å². The number of aliphatic carboxylic acids is 1. The number of thioether (sulfide) groups is 1. The van der Waals surface area contributed by atoms with Crippen LogP contribution in [0.2, 0.25) is 0 Å². The van der Waals surface area contributed by atoms with E-state index in [0.717, 1.165) is 0 Å². The molecule has 0 aliphatic heterocycles. The van der Waals surface area contributed by atoms with Crippen LogP contribution in [-0.2, 0) is 25.6 Å². The molecule has 0 saturated heterocycles. The highest BCUT2D eigenvalue weighted by atomic mass is 32.2. The van der Waals surface area contributed by atoms with Crippen molar-refractivity contribution < 1.29 is 34.5 Å². The molecule has 0 bridgehead atoms. The number of unbranched alkanes of at least 4 members (excludes halogenated alkanes) is 1. The van der Waals surface area contributed by atoms with Crippen LogP contribution in [0.5, 0.6) is 5.75 Å².